The fourth-order valence-corrected chi connectivity index (χ4v) is 3.29. The van der Waals surface area contributed by atoms with Crippen molar-refractivity contribution in [1.82, 2.24) is 0 Å². The van der Waals surface area contributed by atoms with Crippen LogP contribution >= 0.6 is 36.6 Å². The van der Waals surface area contributed by atoms with Crippen LogP contribution in [0.3, 0.4) is 0 Å². The van der Waals surface area contributed by atoms with Crippen molar-refractivity contribution >= 4 is 53.1 Å². The van der Waals surface area contributed by atoms with E-state index in [1.54, 1.807) is 11.8 Å². The van der Waals surface area contributed by atoms with Crippen molar-refractivity contribution in [2.45, 2.75) is 4.90 Å². The Bertz CT molecular complexity index is 448. The van der Waals surface area contributed by atoms with E-state index in [0.29, 0.717) is 0 Å². The van der Waals surface area contributed by atoms with Gasteiger partial charge in [0.2, 0.25) is 0 Å². The van der Waals surface area contributed by atoms with Crippen LogP contribution in [-0.2, 0) is 0 Å². The summed E-state index contributed by atoms with van der Waals surface area (Å²) in [4.78, 5) is 10.3. The van der Waals surface area contributed by atoms with Crippen LogP contribution < -0.4 is 9.80 Å². The number of amidine groups is 1. The normalized spacial score (nSPS) is 15.4. The minimum atomic E-state index is 0. The SMILES string of the molecule is CN(C)c1cccc2c1SC1=NCCN12.Cl.Cl. The molecule has 0 radical (unpaired) electrons. The maximum absolute atomic E-state index is 4.50. The maximum atomic E-state index is 4.50. The Morgan fingerprint density at radius 1 is 1.29 bits per heavy atom. The lowest BCUT2D eigenvalue weighted by atomic mass is 10.2. The van der Waals surface area contributed by atoms with Crippen molar-refractivity contribution in [1.29, 1.82) is 0 Å². The number of rotatable bonds is 1. The molecule has 0 bridgehead atoms. The van der Waals surface area contributed by atoms with Gasteiger partial charge in [0.05, 0.1) is 22.8 Å². The summed E-state index contributed by atoms with van der Waals surface area (Å²) in [6.45, 7) is 1.97. The lowest BCUT2D eigenvalue weighted by Gasteiger charge is -2.17. The topological polar surface area (TPSA) is 18.8 Å². The molecule has 2 aliphatic rings. The number of hydrogen-bond acceptors (Lipinski definition) is 4. The first-order chi connectivity index (χ1) is 7.27. The number of fused-ring (bicyclic) bond motifs is 3. The van der Waals surface area contributed by atoms with Crippen molar-refractivity contribution < 1.29 is 0 Å². The molecule has 3 nitrogen and oxygen atoms in total. The third kappa shape index (κ3) is 2.21. The molecule has 6 heteroatoms. The van der Waals surface area contributed by atoms with Gasteiger partial charge in [-0.25, -0.2) is 0 Å². The molecular weight excluding hydrogens is 277 g/mol. The Morgan fingerprint density at radius 2 is 2.06 bits per heavy atom. The van der Waals surface area contributed by atoms with Gasteiger partial charge in [-0.05, 0) is 23.9 Å². The summed E-state index contributed by atoms with van der Waals surface area (Å²) in [6.07, 6.45) is 0. The van der Waals surface area contributed by atoms with Crippen LogP contribution in [0.1, 0.15) is 0 Å². The number of aliphatic imine (C=N–C) groups is 1. The van der Waals surface area contributed by atoms with Gasteiger partial charge in [0.1, 0.15) is 0 Å². The first-order valence-corrected chi connectivity index (χ1v) is 5.89. The molecule has 0 aliphatic carbocycles. The highest BCUT2D eigenvalue weighted by atomic mass is 35.5. The molecule has 0 saturated heterocycles. The van der Waals surface area contributed by atoms with E-state index < -0.39 is 0 Å². The second kappa shape index (κ2) is 5.38. The van der Waals surface area contributed by atoms with Crippen LogP contribution in [0.25, 0.3) is 0 Å². The van der Waals surface area contributed by atoms with E-state index in [2.05, 4.69) is 47.1 Å². The third-order valence-electron chi connectivity index (χ3n) is 2.74. The van der Waals surface area contributed by atoms with Gasteiger partial charge in [-0.1, -0.05) is 6.07 Å². The Kier molecular flexibility index (Phi) is 4.58. The molecule has 1 aromatic rings. The maximum Gasteiger partial charge on any atom is 0.168 e. The van der Waals surface area contributed by atoms with Gasteiger partial charge in [-0.3, -0.25) is 4.99 Å². The van der Waals surface area contributed by atoms with Crippen LogP contribution in [0, 0.1) is 0 Å². The molecule has 0 aromatic heterocycles. The number of benzene rings is 1. The van der Waals surface area contributed by atoms with Crippen molar-refractivity contribution in [2.24, 2.45) is 4.99 Å². The number of thioether (sulfide) groups is 1. The minimum Gasteiger partial charge on any atom is -0.377 e. The molecule has 2 aliphatic heterocycles. The van der Waals surface area contributed by atoms with Gasteiger partial charge < -0.3 is 9.80 Å². The number of hydrogen-bond donors (Lipinski definition) is 0. The Labute approximate surface area is 118 Å². The number of halogens is 2. The van der Waals surface area contributed by atoms with Crippen LogP contribution in [0.2, 0.25) is 0 Å². The molecule has 0 saturated carbocycles. The minimum absolute atomic E-state index is 0. The van der Waals surface area contributed by atoms with E-state index in [9.17, 15) is 0 Å². The van der Waals surface area contributed by atoms with Gasteiger partial charge in [-0.15, -0.1) is 24.8 Å². The van der Waals surface area contributed by atoms with Crippen LogP contribution in [0.4, 0.5) is 11.4 Å². The predicted molar refractivity (Wildman–Crippen MR) is 80.8 cm³/mol. The second-order valence-corrected chi connectivity index (χ2v) is 4.92. The quantitative estimate of drug-likeness (QED) is 0.793. The molecule has 94 valence electrons. The standard InChI is InChI=1S/C11H13N3S.2ClH/c1-13(2)8-4-3-5-9-10(8)15-11-12-6-7-14(9)11;;/h3-5H,6-7H2,1-2H3;2*1H. The van der Waals surface area contributed by atoms with Crippen LogP contribution in [0.5, 0.6) is 0 Å². The van der Waals surface area contributed by atoms with E-state index in [-0.39, 0.29) is 24.8 Å². The molecule has 1 aromatic carbocycles. The monoisotopic (exact) mass is 291 g/mol. The fourth-order valence-electron chi connectivity index (χ4n) is 2.01. The summed E-state index contributed by atoms with van der Waals surface area (Å²) in [5.41, 5.74) is 2.61. The third-order valence-corrected chi connectivity index (χ3v) is 3.90. The highest BCUT2D eigenvalue weighted by molar-refractivity contribution is 8.15. The molecule has 0 unspecified atom stereocenters. The summed E-state index contributed by atoms with van der Waals surface area (Å²) in [6, 6.07) is 6.47. The molecule has 3 rings (SSSR count). The first-order valence-electron chi connectivity index (χ1n) is 5.07. The summed E-state index contributed by atoms with van der Waals surface area (Å²) in [5.74, 6) is 0. The number of anilines is 2. The van der Waals surface area contributed by atoms with E-state index in [1.807, 2.05) is 0 Å². The summed E-state index contributed by atoms with van der Waals surface area (Å²) in [7, 11) is 4.17. The molecule has 0 amide bonds. The van der Waals surface area contributed by atoms with Crippen LogP contribution in [0.15, 0.2) is 28.1 Å². The smallest absolute Gasteiger partial charge is 0.168 e. The summed E-state index contributed by atoms with van der Waals surface area (Å²) < 4.78 is 0. The van der Waals surface area contributed by atoms with Gasteiger partial charge in [0.15, 0.2) is 5.17 Å². The Balaban J connectivity index is 0.000000722. The predicted octanol–water partition coefficient (Wildman–Crippen LogP) is 2.88. The number of nitrogens with zero attached hydrogens (tertiary/aromatic N) is 3. The molecule has 17 heavy (non-hydrogen) atoms. The summed E-state index contributed by atoms with van der Waals surface area (Å²) >= 11 is 1.80. The fraction of sp³-hybridized carbons (Fsp3) is 0.364. The highest BCUT2D eigenvalue weighted by Crippen LogP contribution is 2.46. The zero-order chi connectivity index (χ0) is 10.4. The molecule has 2 heterocycles. The van der Waals surface area contributed by atoms with E-state index in [4.69, 9.17) is 0 Å². The molecule has 0 N–H and O–H groups in total. The average Bonchev–Trinajstić information content (AvgIpc) is 2.75. The van der Waals surface area contributed by atoms with Crippen molar-refractivity contribution in [3.8, 4) is 0 Å². The van der Waals surface area contributed by atoms with Crippen molar-refractivity contribution in [2.75, 3.05) is 37.0 Å². The second-order valence-electron chi connectivity index (χ2n) is 3.94. The summed E-state index contributed by atoms with van der Waals surface area (Å²) in [5, 5.41) is 1.17. The molecule has 0 atom stereocenters. The zero-order valence-electron chi connectivity index (χ0n) is 9.71. The largest absolute Gasteiger partial charge is 0.377 e. The van der Waals surface area contributed by atoms with Gasteiger partial charge in [0.25, 0.3) is 0 Å². The Morgan fingerprint density at radius 3 is 2.76 bits per heavy atom. The zero-order valence-corrected chi connectivity index (χ0v) is 12.2. The molecular formula is C11H15Cl2N3S. The van der Waals surface area contributed by atoms with Gasteiger partial charge in [0, 0.05) is 20.6 Å². The van der Waals surface area contributed by atoms with E-state index >= 15 is 0 Å². The average molecular weight is 292 g/mol. The Hall–Kier alpha value is -0.580. The van der Waals surface area contributed by atoms with Crippen molar-refractivity contribution in [3.05, 3.63) is 18.2 Å². The van der Waals surface area contributed by atoms with Gasteiger partial charge in [-0.2, -0.15) is 0 Å². The lowest BCUT2D eigenvalue weighted by molar-refractivity contribution is 1.01. The van der Waals surface area contributed by atoms with E-state index in [0.717, 1.165) is 13.1 Å². The molecule has 0 fully saturated rings. The first kappa shape index (κ1) is 14.5. The van der Waals surface area contributed by atoms with E-state index in [1.165, 1.54) is 21.4 Å². The lowest BCUT2D eigenvalue weighted by Crippen LogP contribution is -2.20. The van der Waals surface area contributed by atoms with Crippen LogP contribution in [-0.4, -0.2) is 32.4 Å². The van der Waals surface area contributed by atoms with Gasteiger partial charge >= 0.3 is 0 Å². The van der Waals surface area contributed by atoms with Crippen molar-refractivity contribution in [3.63, 3.8) is 0 Å². The highest BCUT2D eigenvalue weighted by Gasteiger charge is 2.31. The molecule has 0 spiro atoms.